The Morgan fingerprint density at radius 2 is 1.70 bits per heavy atom. The van der Waals surface area contributed by atoms with Gasteiger partial charge in [0.2, 0.25) is 0 Å². The molecule has 7 heteroatoms. The van der Waals surface area contributed by atoms with E-state index in [4.69, 9.17) is 4.74 Å². The molecule has 3 rings (SSSR count). The van der Waals surface area contributed by atoms with E-state index >= 15 is 0 Å². The lowest BCUT2D eigenvalue weighted by Gasteiger charge is -2.23. The maximum absolute atomic E-state index is 13.1. The number of nitrogens with zero attached hydrogens (tertiary/aromatic N) is 1. The third kappa shape index (κ3) is 7.19. The molecular weight excluding hydrogens is 454 g/mol. The van der Waals surface area contributed by atoms with E-state index in [-0.39, 0.29) is 5.56 Å². The highest BCUT2D eigenvalue weighted by Gasteiger charge is 2.23. The molecule has 0 heterocycles. The Labute approximate surface area is 202 Å². The quantitative estimate of drug-likeness (QED) is 0.178. The highest BCUT2D eigenvalue weighted by Crippen LogP contribution is 2.35. The summed E-state index contributed by atoms with van der Waals surface area (Å²) in [6.07, 6.45) is 3.99. The van der Waals surface area contributed by atoms with E-state index in [0.29, 0.717) is 18.0 Å². The summed E-state index contributed by atoms with van der Waals surface area (Å²) in [7, 11) is 0. The third-order valence-electron chi connectivity index (χ3n) is 5.04. The fourth-order valence-electron chi connectivity index (χ4n) is 3.31. The molecule has 174 valence electrons. The predicted octanol–water partition coefficient (Wildman–Crippen LogP) is 7.16. The number of rotatable bonds is 11. The van der Waals surface area contributed by atoms with Crippen molar-refractivity contribution in [3.05, 3.63) is 83.9 Å². The minimum Gasteiger partial charge on any atom is -0.462 e. The van der Waals surface area contributed by atoms with Crippen molar-refractivity contribution >= 4 is 40.4 Å². The van der Waals surface area contributed by atoms with Crippen LogP contribution in [0.3, 0.4) is 0 Å². The Kier molecular flexibility index (Phi) is 9.54. The van der Waals surface area contributed by atoms with Crippen molar-refractivity contribution in [1.29, 1.82) is 0 Å². The Balaban J connectivity index is 1.95. The van der Waals surface area contributed by atoms with Crippen molar-refractivity contribution < 1.29 is 18.3 Å². The fourth-order valence-corrected chi connectivity index (χ4v) is 4.82. The van der Waals surface area contributed by atoms with Crippen molar-refractivity contribution in [2.75, 3.05) is 10.9 Å². The average molecular weight is 484 g/mol. The number of unbranched alkanes of at least 4 members (excludes halogenated alkanes) is 3. The van der Waals surface area contributed by atoms with Crippen LogP contribution < -0.4 is 4.31 Å². The molecule has 0 bridgehead atoms. The summed E-state index contributed by atoms with van der Waals surface area (Å²) in [4.78, 5) is 15.0. The summed E-state index contributed by atoms with van der Waals surface area (Å²) >= 11 is -0.859. The highest BCUT2D eigenvalue weighted by atomic mass is 32.2. The minimum atomic E-state index is -2.37. The molecule has 0 spiro atoms. The number of carbonyl (C=O) groups is 1. The molecule has 0 radical (unpaired) electrons. The first-order chi connectivity index (χ1) is 16.0. The van der Waals surface area contributed by atoms with Gasteiger partial charge in [-0.1, -0.05) is 73.8 Å². The van der Waals surface area contributed by atoms with Crippen LogP contribution in [0, 0.1) is 6.92 Å². The molecule has 3 aromatic rings. The number of anilines is 2. The van der Waals surface area contributed by atoms with Gasteiger partial charge in [0.25, 0.3) is 11.3 Å². The second kappa shape index (κ2) is 12.6. The van der Waals surface area contributed by atoms with E-state index in [0.717, 1.165) is 41.0 Å². The predicted molar refractivity (Wildman–Crippen MR) is 136 cm³/mol. The maximum Gasteiger partial charge on any atom is 0.340 e. The van der Waals surface area contributed by atoms with Crippen LogP contribution in [0.25, 0.3) is 0 Å². The number of carbonyl (C=O) groups excluding carboxylic acids is 1. The molecule has 1 unspecified atom stereocenters. The molecule has 0 saturated heterocycles. The normalized spacial score (nSPS) is 11.7. The molecule has 0 amide bonds. The number of esters is 1. The summed E-state index contributed by atoms with van der Waals surface area (Å²) in [5.41, 5.74) is 2.13. The highest BCUT2D eigenvalue weighted by molar-refractivity contribution is 7.99. The van der Waals surface area contributed by atoms with Gasteiger partial charge in [0.05, 0.1) is 23.5 Å². The summed E-state index contributed by atoms with van der Waals surface area (Å²) in [5, 5.41) is 0. The summed E-state index contributed by atoms with van der Waals surface area (Å²) in [6.45, 7) is 4.39. The Morgan fingerprint density at radius 3 is 2.36 bits per heavy atom. The smallest absolute Gasteiger partial charge is 0.340 e. The van der Waals surface area contributed by atoms with Gasteiger partial charge in [-0.25, -0.2) is 13.3 Å². The van der Waals surface area contributed by atoms with Gasteiger partial charge < -0.3 is 4.74 Å². The van der Waals surface area contributed by atoms with Crippen molar-refractivity contribution in [1.82, 2.24) is 0 Å². The Morgan fingerprint density at radius 1 is 0.970 bits per heavy atom. The van der Waals surface area contributed by atoms with Crippen molar-refractivity contribution in [2.45, 2.75) is 49.3 Å². The molecule has 1 N–H and O–H groups in total. The van der Waals surface area contributed by atoms with Crippen molar-refractivity contribution in [3.8, 4) is 0 Å². The third-order valence-corrected chi connectivity index (χ3v) is 6.76. The number of ether oxygens (including phenoxy) is 1. The topological polar surface area (TPSA) is 66.8 Å². The van der Waals surface area contributed by atoms with Gasteiger partial charge in [-0.15, -0.1) is 0 Å². The largest absolute Gasteiger partial charge is 0.462 e. The van der Waals surface area contributed by atoms with E-state index in [9.17, 15) is 13.6 Å². The zero-order valence-electron chi connectivity index (χ0n) is 18.9. The van der Waals surface area contributed by atoms with Crippen LogP contribution in [-0.4, -0.2) is 21.3 Å². The molecule has 1 atom stereocenters. The molecule has 0 fully saturated rings. The fraction of sp³-hybridized carbons (Fsp3) is 0.269. The van der Waals surface area contributed by atoms with Gasteiger partial charge >= 0.3 is 5.97 Å². The molecule has 3 aromatic carbocycles. The van der Waals surface area contributed by atoms with Gasteiger partial charge in [-0.3, -0.25) is 4.55 Å². The van der Waals surface area contributed by atoms with Gasteiger partial charge in [-0.05, 0) is 55.8 Å². The molecule has 0 aliphatic carbocycles. The van der Waals surface area contributed by atoms with Gasteiger partial charge in [0.15, 0.2) is 0 Å². The maximum atomic E-state index is 13.1. The molecule has 5 nitrogen and oxygen atoms in total. The van der Waals surface area contributed by atoms with E-state index in [1.54, 1.807) is 24.3 Å². The monoisotopic (exact) mass is 483 g/mol. The Hall–Kier alpha value is -2.61. The lowest BCUT2D eigenvalue weighted by atomic mass is 10.1. The van der Waals surface area contributed by atoms with E-state index in [2.05, 4.69) is 6.92 Å². The molecule has 0 aliphatic rings. The van der Waals surface area contributed by atoms with Gasteiger partial charge in [0, 0.05) is 9.79 Å². The lowest BCUT2D eigenvalue weighted by Crippen LogP contribution is -2.22. The number of benzene rings is 3. The van der Waals surface area contributed by atoms with Crippen LogP contribution in [0.5, 0.6) is 0 Å². The molecule has 33 heavy (non-hydrogen) atoms. The minimum absolute atomic E-state index is 0.259. The zero-order valence-corrected chi connectivity index (χ0v) is 20.5. The molecule has 0 saturated carbocycles. The molecule has 0 aromatic heterocycles. The van der Waals surface area contributed by atoms with Crippen LogP contribution in [0.1, 0.15) is 48.5 Å². The molecular formula is C26H29NO4S2. The standard InChI is InChI=1S/C26H29NO4S2/c1-3-4-5-9-18-31-26(28)24-19-23(32-22-10-7-6-8-11-22)16-17-25(24)27(33(29)30)21-14-12-20(2)13-15-21/h6-8,10-17,19H,3-5,9,18H2,1-2H3,(H,29,30). The summed E-state index contributed by atoms with van der Waals surface area (Å²) < 4.78 is 29.3. The van der Waals surface area contributed by atoms with Crippen LogP contribution in [0.15, 0.2) is 82.6 Å². The van der Waals surface area contributed by atoms with Crippen LogP contribution in [0.2, 0.25) is 0 Å². The van der Waals surface area contributed by atoms with E-state index in [1.807, 2.05) is 55.5 Å². The van der Waals surface area contributed by atoms with E-state index in [1.165, 1.54) is 16.1 Å². The van der Waals surface area contributed by atoms with Crippen LogP contribution >= 0.6 is 11.8 Å². The summed E-state index contributed by atoms with van der Waals surface area (Å²) in [6, 6.07) is 22.4. The zero-order chi connectivity index (χ0) is 23.6. The SMILES string of the molecule is CCCCCCOC(=O)c1cc(Sc2ccccc2)ccc1N(c1ccc(C)cc1)S(=O)O. The first-order valence-corrected chi connectivity index (χ1v) is 12.9. The number of aryl methyl sites for hydroxylation is 1. The van der Waals surface area contributed by atoms with Crippen molar-refractivity contribution in [2.24, 2.45) is 0 Å². The number of hydrogen-bond acceptors (Lipinski definition) is 4. The second-order valence-electron chi connectivity index (χ2n) is 7.65. The van der Waals surface area contributed by atoms with Crippen LogP contribution in [-0.2, 0) is 16.0 Å². The van der Waals surface area contributed by atoms with Crippen molar-refractivity contribution in [3.63, 3.8) is 0 Å². The first-order valence-electron chi connectivity index (χ1n) is 11.0. The van der Waals surface area contributed by atoms with Gasteiger partial charge in [0.1, 0.15) is 0 Å². The Bertz CT molecular complexity index is 1070. The van der Waals surface area contributed by atoms with Gasteiger partial charge in [-0.2, -0.15) is 0 Å². The second-order valence-corrected chi connectivity index (χ2v) is 9.62. The average Bonchev–Trinajstić information content (AvgIpc) is 2.81. The lowest BCUT2D eigenvalue weighted by molar-refractivity contribution is 0.0498. The van der Waals surface area contributed by atoms with Crippen LogP contribution in [0.4, 0.5) is 11.4 Å². The first kappa shape index (κ1) is 25.0. The number of hydrogen-bond donors (Lipinski definition) is 1. The molecule has 0 aliphatic heterocycles. The van der Waals surface area contributed by atoms with E-state index < -0.39 is 17.2 Å². The summed E-state index contributed by atoms with van der Waals surface area (Å²) in [5.74, 6) is -0.500.